The van der Waals surface area contributed by atoms with Crippen molar-refractivity contribution in [3.05, 3.63) is 28.8 Å². The van der Waals surface area contributed by atoms with E-state index >= 15 is 0 Å². The first-order valence-corrected chi connectivity index (χ1v) is 6.37. The zero-order valence-corrected chi connectivity index (χ0v) is 11.7. The van der Waals surface area contributed by atoms with Gasteiger partial charge >= 0.3 is 12.3 Å². The smallest absolute Gasteiger partial charge is 0.466 e. The van der Waals surface area contributed by atoms with Crippen LogP contribution in [0.3, 0.4) is 0 Å². The minimum Gasteiger partial charge on any atom is -0.466 e. The summed E-state index contributed by atoms with van der Waals surface area (Å²) >= 11 is 5.70. The molecule has 8 heteroatoms. The average molecular weight is 322 g/mol. The number of alkyl halides is 4. The topological polar surface area (TPSA) is 59.3 Å². The van der Waals surface area contributed by atoms with Crippen molar-refractivity contribution in [2.24, 2.45) is 0 Å². The fourth-order valence-electron chi connectivity index (χ4n) is 1.68. The number of hydrogen-bond acceptors (Lipinski definition) is 4. The van der Waals surface area contributed by atoms with Gasteiger partial charge in [0.05, 0.1) is 24.7 Å². The lowest BCUT2D eigenvalue weighted by Gasteiger charge is -2.14. The first-order chi connectivity index (χ1) is 9.80. The second-order valence-electron chi connectivity index (χ2n) is 3.88. The van der Waals surface area contributed by atoms with Crippen molar-refractivity contribution in [2.75, 3.05) is 6.61 Å². The number of nitriles is 1. The van der Waals surface area contributed by atoms with Crippen LogP contribution in [0.2, 0.25) is 0 Å². The lowest BCUT2D eigenvalue weighted by molar-refractivity contribution is -0.274. The Hall–Kier alpha value is -1.94. The highest BCUT2D eigenvalue weighted by atomic mass is 35.5. The summed E-state index contributed by atoms with van der Waals surface area (Å²) in [6.07, 6.45) is -5.18. The Morgan fingerprint density at radius 2 is 2.10 bits per heavy atom. The lowest BCUT2D eigenvalue weighted by atomic mass is 10.00. The van der Waals surface area contributed by atoms with Crippen molar-refractivity contribution in [1.82, 2.24) is 0 Å². The minimum atomic E-state index is -4.89. The first-order valence-electron chi connectivity index (χ1n) is 5.84. The fraction of sp³-hybridized carbons (Fsp3) is 0.385. The molecular formula is C13H11ClF3NO3. The predicted molar refractivity (Wildman–Crippen MR) is 67.7 cm³/mol. The summed E-state index contributed by atoms with van der Waals surface area (Å²) in [7, 11) is 0. The molecule has 0 aliphatic carbocycles. The molecule has 1 aromatic rings. The number of hydrogen-bond donors (Lipinski definition) is 0. The van der Waals surface area contributed by atoms with E-state index in [2.05, 4.69) is 4.74 Å². The van der Waals surface area contributed by atoms with Gasteiger partial charge in [0.1, 0.15) is 5.75 Å². The minimum absolute atomic E-state index is 0.0777. The number of carbonyl (C=O) groups is 1. The number of halogens is 4. The third kappa shape index (κ3) is 5.16. The van der Waals surface area contributed by atoms with E-state index in [1.165, 1.54) is 0 Å². The number of esters is 1. The third-order valence-corrected chi connectivity index (χ3v) is 2.71. The van der Waals surface area contributed by atoms with Crippen LogP contribution >= 0.6 is 11.6 Å². The summed E-state index contributed by atoms with van der Waals surface area (Å²) in [5.41, 5.74) is 0.370. The molecule has 0 fully saturated rings. The number of benzene rings is 1. The van der Waals surface area contributed by atoms with E-state index in [4.69, 9.17) is 21.6 Å². The van der Waals surface area contributed by atoms with Gasteiger partial charge in [-0.1, -0.05) is 0 Å². The molecule has 114 valence electrons. The van der Waals surface area contributed by atoms with Crippen LogP contribution < -0.4 is 4.74 Å². The maximum Gasteiger partial charge on any atom is 0.573 e. The van der Waals surface area contributed by atoms with Crippen LogP contribution in [0.25, 0.3) is 0 Å². The summed E-state index contributed by atoms with van der Waals surface area (Å²) < 4.78 is 45.3. The molecule has 0 aliphatic rings. The van der Waals surface area contributed by atoms with Crippen molar-refractivity contribution in [2.45, 2.75) is 25.6 Å². The van der Waals surface area contributed by atoms with Gasteiger partial charge in [0.15, 0.2) is 0 Å². The molecule has 0 saturated carbocycles. The van der Waals surface area contributed by atoms with Crippen molar-refractivity contribution in [3.8, 4) is 11.8 Å². The summed E-state index contributed by atoms with van der Waals surface area (Å²) in [5, 5.41) is 8.97. The summed E-state index contributed by atoms with van der Waals surface area (Å²) in [4.78, 5) is 11.5. The Morgan fingerprint density at radius 3 is 2.57 bits per heavy atom. The molecule has 4 nitrogen and oxygen atoms in total. The molecule has 0 unspecified atom stereocenters. The Morgan fingerprint density at radius 1 is 1.43 bits per heavy atom. The maximum atomic E-state index is 12.3. The molecule has 0 aliphatic heterocycles. The quantitative estimate of drug-likeness (QED) is 0.616. The largest absolute Gasteiger partial charge is 0.573 e. The van der Waals surface area contributed by atoms with Gasteiger partial charge in [-0.3, -0.25) is 4.79 Å². The van der Waals surface area contributed by atoms with E-state index < -0.39 is 18.1 Å². The highest BCUT2D eigenvalue weighted by molar-refractivity contribution is 6.17. The summed E-state index contributed by atoms with van der Waals surface area (Å²) in [5.74, 6) is -1.33. The Bertz CT molecular complexity index is 567. The van der Waals surface area contributed by atoms with Crippen molar-refractivity contribution in [1.29, 1.82) is 5.26 Å². The highest BCUT2D eigenvalue weighted by Gasteiger charge is 2.31. The van der Waals surface area contributed by atoms with Crippen LogP contribution in [-0.2, 0) is 21.8 Å². The van der Waals surface area contributed by atoms with E-state index in [0.717, 1.165) is 12.1 Å². The molecule has 0 N–H and O–H groups in total. The SMILES string of the molecule is CCOC(=O)Cc1cc(OC(F)(F)F)cc(C#N)c1CCl. The maximum absolute atomic E-state index is 12.3. The molecule has 1 aromatic carbocycles. The Labute approximate surface area is 124 Å². The second-order valence-corrected chi connectivity index (χ2v) is 4.15. The molecule has 1 rings (SSSR count). The highest BCUT2D eigenvalue weighted by Crippen LogP contribution is 2.29. The van der Waals surface area contributed by atoms with E-state index in [-0.39, 0.29) is 35.6 Å². The standard InChI is InChI=1S/C13H11ClF3NO3/c1-2-20-12(19)5-8-3-10(21-13(15,16)17)4-9(7-18)11(8)6-14/h3-4H,2,5-6H2,1H3. The van der Waals surface area contributed by atoms with E-state index in [0.29, 0.717) is 0 Å². The summed E-state index contributed by atoms with van der Waals surface area (Å²) in [6, 6.07) is 3.70. The normalized spacial score (nSPS) is 10.9. The van der Waals surface area contributed by atoms with Crippen LogP contribution in [0.4, 0.5) is 13.2 Å². The van der Waals surface area contributed by atoms with Gasteiger partial charge in [-0.25, -0.2) is 0 Å². The molecule has 0 amide bonds. The Kier molecular flexibility index (Phi) is 5.85. The van der Waals surface area contributed by atoms with E-state index in [9.17, 15) is 18.0 Å². The fourth-order valence-corrected chi connectivity index (χ4v) is 1.99. The van der Waals surface area contributed by atoms with Crippen molar-refractivity contribution >= 4 is 17.6 Å². The van der Waals surface area contributed by atoms with Crippen molar-refractivity contribution in [3.63, 3.8) is 0 Å². The zero-order chi connectivity index (χ0) is 16.0. The number of nitrogens with zero attached hydrogens (tertiary/aromatic N) is 1. The van der Waals surface area contributed by atoms with Crippen LogP contribution in [0, 0.1) is 11.3 Å². The van der Waals surface area contributed by atoms with Gasteiger partial charge in [0.25, 0.3) is 0 Å². The first kappa shape index (κ1) is 17.1. The molecule has 0 atom stereocenters. The molecule has 0 aromatic heterocycles. The monoisotopic (exact) mass is 321 g/mol. The van der Waals surface area contributed by atoms with Crippen LogP contribution in [0.5, 0.6) is 5.75 Å². The Balaban J connectivity index is 3.22. The van der Waals surface area contributed by atoms with Gasteiger partial charge in [0.2, 0.25) is 0 Å². The van der Waals surface area contributed by atoms with E-state index in [1.807, 2.05) is 0 Å². The summed E-state index contributed by atoms with van der Waals surface area (Å²) in [6.45, 7) is 1.74. The number of carbonyl (C=O) groups excluding carboxylic acids is 1. The van der Waals surface area contributed by atoms with E-state index in [1.54, 1.807) is 13.0 Å². The average Bonchev–Trinajstić information content (AvgIpc) is 2.36. The van der Waals surface area contributed by atoms with Gasteiger partial charge < -0.3 is 9.47 Å². The van der Waals surface area contributed by atoms with Crippen LogP contribution in [-0.4, -0.2) is 18.9 Å². The van der Waals surface area contributed by atoms with Gasteiger partial charge in [0, 0.05) is 5.88 Å². The third-order valence-electron chi connectivity index (χ3n) is 2.44. The number of rotatable bonds is 5. The van der Waals surface area contributed by atoms with Crippen molar-refractivity contribution < 1.29 is 27.4 Å². The molecule has 0 bridgehead atoms. The number of ether oxygens (including phenoxy) is 2. The van der Waals surface area contributed by atoms with Crippen LogP contribution in [0.15, 0.2) is 12.1 Å². The van der Waals surface area contributed by atoms with Crippen LogP contribution in [0.1, 0.15) is 23.6 Å². The molecule has 0 saturated heterocycles. The predicted octanol–water partition coefficient (Wildman–Crippen LogP) is 3.30. The molecule has 0 heterocycles. The zero-order valence-electron chi connectivity index (χ0n) is 11.0. The lowest BCUT2D eigenvalue weighted by Crippen LogP contribution is -2.18. The second kappa shape index (κ2) is 7.18. The molecule has 0 spiro atoms. The van der Waals surface area contributed by atoms with Gasteiger partial charge in [-0.15, -0.1) is 24.8 Å². The molecule has 21 heavy (non-hydrogen) atoms. The van der Waals surface area contributed by atoms with Gasteiger partial charge in [-0.2, -0.15) is 5.26 Å². The molecule has 0 radical (unpaired) electrons. The van der Waals surface area contributed by atoms with Gasteiger partial charge in [-0.05, 0) is 30.2 Å². The molecular weight excluding hydrogens is 311 g/mol.